The van der Waals surface area contributed by atoms with Gasteiger partial charge in [0.05, 0.1) is 11.4 Å². The second-order valence-electron chi connectivity index (χ2n) is 4.99. The van der Waals surface area contributed by atoms with Crippen LogP contribution in [0.4, 0.5) is 5.69 Å². The van der Waals surface area contributed by atoms with Gasteiger partial charge in [0, 0.05) is 36.1 Å². The Morgan fingerprint density at radius 1 is 1.53 bits per heavy atom. The predicted molar refractivity (Wildman–Crippen MR) is 74.6 cm³/mol. The van der Waals surface area contributed by atoms with Gasteiger partial charge in [-0.2, -0.15) is 5.10 Å². The van der Waals surface area contributed by atoms with E-state index in [1.165, 1.54) is 0 Å². The molecule has 6 heteroatoms. The third-order valence-corrected chi connectivity index (χ3v) is 4.94. The van der Waals surface area contributed by atoms with Gasteiger partial charge in [0.25, 0.3) is 0 Å². The number of hydrogen-bond acceptors (Lipinski definition) is 4. The van der Waals surface area contributed by atoms with Gasteiger partial charge in [-0.1, -0.05) is 6.92 Å². The van der Waals surface area contributed by atoms with E-state index in [1.807, 2.05) is 37.1 Å². The molecule has 0 bridgehead atoms. The SMILES string of the molecule is CC1CC(=O)NN=C1c1ccc2c(c1)N(C)C[S+]2[O-]. The normalized spacial score (nSPS) is 25.9. The summed E-state index contributed by atoms with van der Waals surface area (Å²) < 4.78 is 11.9. The van der Waals surface area contributed by atoms with Gasteiger partial charge in [-0.05, 0) is 18.2 Å². The second kappa shape index (κ2) is 4.54. The van der Waals surface area contributed by atoms with Gasteiger partial charge in [-0.3, -0.25) is 4.79 Å². The number of fused-ring (bicyclic) bond motifs is 1. The predicted octanol–water partition coefficient (Wildman–Crippen LogP) is 1.06. The van der Waals surface area contributed by atoms with Gasteiger partial charge in [0.2, 0.25) is 5.91 Å². The zero-order chi connectivity index (χ0) is 13.6. The Labute approximate surface area is 114 Å². The molecule has 2 unspecified atom stereocenters. The number of hydrazone groups is 1. The van der Waals surface area contributed by atoms with Crippen LogP contribution in [0.15, 0.2) is 28.2 Å². The molecule has 0 radical (unpaired) electrons. The number of benzene rings is 1. The van der Waals surface area contributed by atoms with Crippen LogP contribution in [0.2, 0.25) is 0 Å². The third kappa shape index (κ3) is 2.11. The van der Waals surface area contributed by atoms with E-state index in [0.29, 0.717) is 12.3 Å². The van der Waals surface area contributed by atoms with E-state index >= 15 is 0 Å². The lowest BCUT2D eigenvalue weighted by molar-refractivity contribution is -0.121. The number of rotatable bonds is 1. The molecule has 5 nitrogen and oxygen atoms in total. The van der Waals surface area contributed by atoms with Gasteiger partial charge in [0.15, 0.2) is 10.8 Å². The summed E-state index contributed by atoms with van der Waals surface area (Å²) in [5, 5.41) is 4.15. The van der Waals surface area contributed by atoms with Crippen LogP contribution >= 0.6 is 0 Å². The van der Waals surface area contributed by atoms with Crippen LogP contribution in [0.1, 0.15) is 18.9 Å². The number of hydrogen-bond donors (Lipinski definition) is 1. The van der Waals surface area contributed by atoms with Crippen molar-refractivity contribution in [1.82, 2.24) is 5.43 Å². The number of anilines is 1. The van der Waals surface area contributed by atoms with Crippen molar-refractivity contribution in [2.45, 2.75) is 18.2 Å². The molecule has 1 aromatic rings. The summed E-state index contributed by atoms with van der Waals surface area (Å²) in [6, 6.07) is 5.84. The van der Waals surface area contributed by atoms with Gasteiger partial charge >= 0.3 is 0 Å². The molecule has 2 atom stereocenters. The van der Waals surface area contributed by atoms with Crippen molar-refractivity contribution < 1.29 is 9.35 Å². The fourth-order valence-electron chi connectivity index (χ4n) is 2.48. The fraction of sp³-hybridized carbons (Fsp3) is 0.385. The Morgan fingerprint density at radius 3 is 3.05 bits per heavy atom. The molecule has 0 aromatic heterocycles. The first-order valence-corrected chi connectivity index (χ1v) is 7.48. The average Bonchev–Trinajstić information content (AvgIpc) is 2.65. The van der Waals surface area contributed by atoms with Gasteiger partial charge in [0.1, 0.15) is 0 Å². The number of carbonyl (C=O) groups is 1. The first-order chi connectivity index (χ1) is 9.06. The molecule has 2 heterocycles. The minimum Gasteiger partial charge on any atom is -0.610 e. The van der Waals surface area contributed by atoms with E-state index in [0.717, 1.165) is 21.9 Å². The molecule has 100 valence electrons. The molecule has 0 saturated carbocycles. The second-order valence-corrected chi connectivity index (χ2v) is 6.38. The molecule has 0 aliphatic carbocycles. The topological polar surface area (TPSA) is 67.8 Å². The molecular formula is C13H15N3O2S. The van der Waals surface area contributed by atoms with Crippen molar-refractivity contribution in [3.63, 3.8) is 0 Å². The van der Waals surface area contributed by atoms with Crippen LogP contribution in [0, 0.1) is 5.92 Å². The Morgan fingerprint density at radius 2 is 2.32 bits per heavy atom. The van der Waals surface area contributed by atoms with Crippen LogP contribution in [0.25, 0.3) is 0 Å². The summed E-state index contributed by atoms with van der Waals surface area (Å²) in [6.45, 7) is 1.99. The summed E-state index contributed by atoms with van der Waals surface area (Å²) in [5.41, 5.74) is 5.38. The van der Waals surface area contributed by atoms with Crippen molar-refractivity contribution in [2.75, 3.05) is 17.8 Å². The van der Waals surface area contributed by atoms with E-state index in [1.54, 1.807) is 0 Å². The third-order valence-electron chi connectivity index (χ3n) is 3.48. The quantitative estimate of drug-likeness (QED) is 0.781. The highest BCUT2D eigenvalue weighted by Crippen LogP contribution is 2.34. The summed E-state index contributed by atoms with van der Waals surface area (Å²) in [5.74, 6) is 0.594. The highest BCUT2D eigenvalue weighted by molar-refractivity contribution is 7.92. The van der Waals surface area contributed by atoms with Gasteiger partial charge < -0.3 is 9.45 Å². The molecule has 2 aliphatic heterocycles. The maximum absolute atomic E-state index is 11.9. The smallest absolute Gasteiger partial charge is 0.240 e. The number of amides is 1. The van der Waals surface area contributed by atoms with Crippen LogP contribution in [-0.4, -0.2) is 29.1 Å². The zero-order valence-electron chi connectivity index (χ0n) is 10.8. The van der Waals surface area contributed by atoms with Crippen molar-refractivity contribution in [1.29, 1.82) is 0 Å². The van der Waals surface area contributed by atoms with Crippen molar-refractivity contribution >= 4 is 28.5 Å². The van der Waals surface area contributed by atoms with Gasteiger partial charge in [-0.25, -0.2) is 5.43 Å². The van der Waals surface area contributed by atoms with E-state index in [-0.39, 0.29) is 11.8 Å². The molecular weight excluding hydrogens is 262 g/mol. The first kappa shape index (κ1) is 12.5. The summed E-state index contributed by atoms with van der Waals surface area (Å²) >= 11 is -0.939. The standard InChI is InChI=1S/C13H15N3O2S/c1-8-5-12(17)14-15-13(8)9-3-4-11-10(6-9)16(2)7-19(11)18/h3-4,6,8H,5,7H2,1-2H3,(H,14,17). The fourth-order valence-corrected chi connectivity index (χ4v) is 3.78. The lowest BCUT2D eigenvalue weighted by atomic mass is 9.94. The number of nitrogens with zero attached hydrogens (tertiary/aromatic N) is 2. The minimum atomic E-state index is -0.939. The molecule has 1 N–H and O–H groups in total. The van der Waals surface area contributed by atoms with E-state index < -0.39 is 11.2 Å². The summed E-state index contributed by atoms with van der Waals surface area (Å²) in [7, 11) is 1.93. The van der Waals surface area contributed by atoms with E-state index in [9.17, 15) is 9.35 Å². The van der Waals surface area contributed by atoms with Crippen LogP contribution in [-0.2, 0) is 16.0 Å². The van der Waals surface area contributed by atoms with Gasteiger partial charge in [-0.15, -0.1) is 0 Å². The lowest BCUT2D eigenvalue weighted by Crippen LogP contribution is -2.32. The van der Waals surface area contributed by atoms with Crippen molar-refractivity contribution in [2.24, 2.45) is 11.0 Å². The molecule has 3 rings (SSSR count). The van der Waals surface area contributed by atoms with E-state index in [2.05, 4.69) is 10.5 Å². The number of nitrogens with one attached hydrogen (secondary N) is 1. The molecule has 19 heavy (non-hydrogen) atoms. The Kier molecular flexibility index (Phi) is 2.99. The first-order valence-electron chi connectivity index (χ1n) is 6.16. The monoisotopic (exact) mass is 277 g/mol. The molecule has 0 spiro atoms. The van der Waals surface area contributed by atoms with Crippen LogP contribution in [0.3, 0.4) is 0 Å². The zero-order valence-corrected chi connectivity index (χ0v) is 11.7. The Hall–Kier alpha value is -1.53. The van der Waals surface area contributed by atoms with E-state index in [4.69, 9.17) is 0 Å². The number of carbonyl (C=O) groups excluding carboxylic acids is 1. The maximum atomic E-state index is 11.9. The average molecular weight is 277 g/mol. The molecule has 2 aliphatic rings. The molecule has 0 fully saturated rings. The van der Waals surface area contributed by atoms with Crippen LogP contribution < -0.4 is 10.3 Å². The molecule has 1 amide bonds. The minimum absolute atomic E-state index is 0.0457. The Bertz CT molecular complexity index is 573. The largest absolute Gasteiger partial charge is 0.610 e. The summed E-state index contributed by atoms with van der Waals surface area (Å²) in [6.07, 6.45) is 0.456. The highest BCUT2D eigenvalue weighted by atomic mass is 32.2. The van der Waals surface area contributed by atoms with Crippen molar-refractivity contribution in [3.05, 3.63) is 23.8 Å². The summed E-state index contributed by atoms with van der Waals surface area (Å²) in [4.78, 5) is 14.1. The lowest BCUT2D eigenvalue weighted by Gasteiger charge is -2.19. The molecule has 1 aromatic carbocycles. The van der Waals surface area contributed by atoms with Crippen molar-refractivity contribution in [3.8, 4) is 0 Å². The molecule has 0 saturated heterocycles. The Balaban J connectivity index is 1.99. The maximum Gasteiger partial charge on any atom is 0.240 e. The van der Waals surface area contributed by atoms with Crippen LogP contribution in [0.5, 0.6) is 0 Å². The highest BCUT2D eigenvalue weighted by Gasteiger charge is 2.30.